The molecule has 1 aliphatic heterocycles. The van der Waals surface area contributed by atoms with E-state index in [4.69, 9.17) is 4.74 Å². The topological polar surface area (TPSA) is 50.3 Å². The third-order valence-corrected chi connectivity index (χ3v) is 2.42. The first-order chi connectivity index (χ1) is 7.75. The van der Waals surface area contributed by atoms with Gasteiger partial charge in [-0.05, 0) is 13.8 Å². The van der Waals surface area contributed by atoms with Crippen LogP contribution >= 0.6 is 24.8 Å². The lowest BCUT2D eigenvalue weighted by atomic mass is 10.3. The number of halogens is 2. The summed E-state index contributed by atoms with van der Waals surface area (Å²) in [5.74, 6) is 1.60. The van der Waals surface area contributed by atoms with Gasteiger partial charge in [-0.15, -0.1) is 24.8 Å². The van der Waals surface area contributed by atoms with Gasteiger partial charge in [0.25, 0.3) is 0 Å². The lowest BCUT2D eigenvalue weighted by Gasteiger charge is -2.28. The van der Waals surface area contributed by atoms with E-state index in [1.165, 1.54) is 0 Å². The molecule has 0 atom stereocenters. The summed E-state index contributed by atoms with van der Waals surface area (Å²) in [5, 5.41) is 3.31. The molecule has 104 valence electrons. The lowest BCUT2D eigenvalue weighted by molar-refractivity contribution is 0.232. The second-order valence-electron chi connectivity index (χ2n) is 4.12. The maximum absolute atomic E-state index is 5.55. The molecular weight excluding hydrogens is 275 g/mol. The Labute approximate surface area is 120 Å². The number of hydrogen-bond donors (Lipinski definition) is 1. The average molecular weight is 295 g/mol. The molecule has 1 aromatic rings. The standard InChI is InChI=1S/C11H18N4O.2ClH/c1-9(2)16-11-7-10(13-8-14-11)15-5-3-12-4-6-15;;/h7-9,12H,3-6H2,1-2H3;2*1H. The molecule has 1 aromatic heterocycles. The highest BCUT2D eigenvalue weighted by molar-refractivity contribution is 5.85. The predicted molar refractivity (Wildman–Crippen MR) is 77.4 cm³/mol. The van der Waals surface area contributed by atoms with Gasteiger partial charge in [0.15, 0.2) is 0 Å². The Balaban J connectivity index is 0.00000144. The van der Waals surface area contributed by atoms with E-state index < -0.39 is 0 Å². The number of anilines is 1. The van der Waals surface area contributed by atoms with Gasteiger partial charge in [0.05, 0.1) is 6.10 Å². The van der Waals surface area contributed by atoms with Crippen molar-refractivity contribution >= 4 is 30.6 Å². The summed E-state index contributed by atoms with van der Waals surface area (Å²) < 4.78 is 5.55. The van der Waals surface area contributed by atoms with Crippen LogP contribution in [0.2, 0.25) is 0 Å². The first-order valence-electron chi connectivity index (χ1n) is 5.70. The van der Waals surface area contributed by atoms with E-state index in [-0.39, 0.29) is 30.9 Å². The Morgan fingerprint density at radius 1 is 1.22 bits per heavy atom. The number of rotatable bonds is 3. The van der Waals surface area contributed by atoms with Gasteiger partial charge >= 0.3 is 0 Å². The summed E-state index contributed by atoms with van der Waals surface area (Å²) in [4.78, 5) is 10.6. The summed E-state index contributed by atoms with van der Waals surface area (Å²) >= 11 is 0. The maximum Gasteiger partial charge on any atom is 0.218 e. The third-order valence-electron chi connectivity index (χ3n) is 2.42. The van der Waals surface area contributed by atoms with Gasteiger partial charge < -0.3 is 15.0 Å². The highest BCUT2D eigenvalue weighted by Gasteiger charge is 2.12. The highest BCUT2D eigenvalue weighted by Crippen LogP contribution is 2.16. The van der Waals surface area contributed by atoms with Crippen LogP contribution in [0.4, 0.5) is 5.82 Å². The van der Waals surface area contributed by atoms with Gasteiger partial charge in [-0.2, -0.15) is 0 Å². The number of ether oxygens (including phenoxy) is 1. The minimum atomic E-state index is 0. The maximum atomic E-state index is 5.55. The van der Waals surface area contributed by atoms with Crippen LogP contribution in [-0.2, 0) is 0 Å². The zero-order chi connectivity index (χ0) is 11.4. The van der Waals surface area contributed by atoms with Crippen LogP contribution in [0.5, 0.6) is 5.88 Å². The normalized spacial score (nSPS) is 14.7. The minimum absolute atomic E-state index is 0. The van der Waals surface area contributed by atoms with Gasteiger partial charge in [-0.1, -0.05) is 0 Å². The Morgan fingerprint density at radius 2 is 1.89 bits per heavy atom. The van der Waals surface area contributed by atoms with Crippen molar-refractivity contribution < 1.29 is 4.74 Å². The van der Waals surface area contributed by atoms with Crippen molar-refractivity contribution in [3.63, 3.8) is 0 Å². The summed E-state index contributed by atoms with van der Waals surface area (Å²) in [5.41, 5.74) is 0. The van der Waals surface area contributed by atoms with E-state index in [1.807, 2.05) is 19.9 Å². The van der Waals surface area contributed by atoms with E-state index in [0.717, 1.165) is 32.0 Å². The number of nitrogens with zero attached hydrogens (tertiary/aromatic N) is 3. The van der Waals surface area contributed by atoms with Crippen molar-refractivity contribution in [3.05, 3.63) is 12.4 Å². The summed E-state index contributed by atoms with van der Waals surface area (Å²) in [6, 6.07) is 1.91. The summed E-state index contributed by atoms with van der Waals surface area (Å²) in [6.07, 6.45) is 1.71. The van der Waals surface area contributed by atoms with Crippen LogP contribution in [-0.4, -0.2) is 42.3 Å². The SMILES string of the molecule is CC(C)Oc1cc(N2CCNCC2)ncn1.Cl.Cl. The molecule has 0 amide bonds. The molecule has 1 fully saturated rings. The van der Waals surface area contributed by atoms with Gasteiger partial charge in [0.1, 0.15) is 12.1 Å². The van der Waals surface area contributed by atoms with Crippen LogP contribution in [0.3, 0.4) is 0 Å². The minimum Gasteiger partial charge on any atom is -0.475 e. The molecule has 0 aromatic carbocycles. The zero-order valence-electron chi connectivity index (χ0n) is 10.6. The van der Waals surface area contributed by atoms with E-state index in [1.54, 1.807) is 6.33 Å². The fraction of sp³-hybridized carbons (Fsp3) is 0.636. The smallest absolute Gasteiger partial charge is 0.218 e. The van der Waals surface area contributed by atoms with Crippen LogP contribution < -0.4 is 15.0 Å². The molecule has 5 nitrogen and oxygen atoms in total. The van der Waals surface area contributed by atoms with Crippen molar-refractivity contribution in [3.8, 4) is 5.88 Å². The highest BCUT2D eigenvalue weighted by atomic mass is 35.5. The van der Waals surface area contributed by atoms with Gasteiger partial charge in [-0.25, -0.2) is 9.97 Å². The van der Waals surface area contributed by atoms with Crippen molar-refractivity contribution in [2.24, 2.45) is 0 Å². The van der Waals surface area contributed by atoms with Crippen molar-refractivity contribution in [2.45, 2.75) is 20.0 Å². The summed E-state index contributed by atoms with van der Waals surface area (Å²) in [6.45, 7) is 7.96. The number of hydrogen-bond acceptors (Lipinski definition) is 5. The van der Waals surface area contributed by atoms with E-state index in [2.05, 4.69) is 20.2 Å². The molecule has 1 aliphatic rings. The van der Waals surface area contributed by atoms with E-state index in [0.29, 0.717) is 5.88 Å². The molecule has 0 radical (unpaired) electrons. The molecule has 2 rings (SSSR count). The largest absolute Gasteiger partial charge is 0.475 e. The van der Waals surface area contributed by atoms with E-state index in [9.17, 15) is 0 Å². The second kappa shape index (κ2) is 8.34. The molecule has 1 saturated heterocycles. The van der Waals surface area contributed by atoms with Crippen LogP contribution in [0.1, 0.15) is 13.8 Å². The number of nitrogens with one attached hydrogen (secondary N) is 1. The molecule has 0 bridgehead atoms. The molecule has 0 aliphatic carbocycles. The van der Waals surface area contributed by atoms with Crippen molar-refractivity contribution in [2.75, 3.05) is 31.1 Å². The van der Waals surface area contributed by atoms with Gasteiger partial charge in [-0.3, -0.25) is 0 Å². The first-order valence-corrected chi connectivity index (χ1v) is 5.70. The Bertz CT molecular complexity index is 346. The fourth-order valence-corrected chi connectivity index (χ4v) is 1.70. The van der Waals surface area contributed by atoms with Crippen LogP contribution in [0, 0.1) is 0 Å². The molecular formula is C11H20Cl2N4O. The number of piperazine rings is 1. The number of aromatic nitrogens is 2. The monoisotopic (exact) mass is 294 g/mol. The molecule has 0 unspecified atom stereocenters. The molecule has 18 heavy (non-hydrogen) atoms. The Kier molecular flexibility index (Phi) is 7.98. The van der Waals surface area contributed by atoms with Gasteiger partial charge in [0.2, 0.25) is 5.88 Å². The predicted octanol–water partition coefficient (Wildman–Crippen LogP) is 1.52. The second-order valence-corrected chi connectivity index (χ2v) is 4.12. The third kappa shape index (κ3) is 4.84. The summed E-state index contributed by atoms with van der Waals surface area (Å²) in [7, 11) is 0. The molecule has 2 heterocycles. The quantitative estimate of drug-likeness (QED) is 0.916. The Morgan fingerprint density at radius 3 is 2.50 bits per heavy atom. The average Bonchev–Trinajstić information content (AvgIpc) is 2.30. The molecule has 0 saturated carbocycles. The lowest BCUT2D eigenvalue weighted by Crippen LogP contribution is -2.43. The van der Waals surface area contributed by atoms with E-state index >= 15 is 0 Å². The fourth-order valence-electron chi connectivity index (χ4n) is 1.70. The molecule has 7 heteroatoms. The molecule has 1 N–H and O–H groups in total. The Hall–Kier alpha value is -0.780. The molecule has 0 spiro atoms. The van der Waals surface area contributed by atoms with Crippen molar-refractivity contribution in [1.82, 2.24) is 15.3 Å². The van der Waals surface area contributed by atoms with Gasteiger partial charge in [0, 0.05) is 32.2 Å². The first kappa shape index (κ1) is 17.2. The zero-order valence-corrected chi connectivity index (χ0v) is 12.3. The van der Waals surface area contributed by atoms with Crippen LogP contribution in [0.25, 0.3) is 0 Å². The van der Waals surface area contributed by atoms with Crippen molar-refractivity contribution in [1.29, 1.82) is 0 Å². The van der Waals surface area contributed by atoms with Crippen LogP contribution in [0.15, 0.2) is 12.4 Å².